The van der Waals surface area contributed by atoms with Gasteiger partial charge in [-0.25, -0.2) is 9.97 Å². The summed E-state index contributed by atoms with van der Waals surface area (Å²) in [5, 5.41) is 6.08. The van der Waals surface area contributed by atoms with E-state index in [-0.39, 0.29) is 30.4 Å². The summed E-state index contributed by atoms with van der Waals surface area (Å²) in [5.41, 5.74) is -0.188. The van der Waals surface area contributed by atoms with Gasteiger partial charge in [0, 0.05) is 29.6 Å². The van der Waals surface area contributed by atoms with E-state index in [1.54, 1.807) is 16.8 Å². The Morgan fingerprint density at radius 2 is 2.14 bits per heavy atom. The van der Waals surface area contributed by atoms with E-state index in [4.69, 9.17) is 0 Å². The van der Waals surface area contributed by atoms with E-state index in [1.165, 1.54) is 18.3 Å². The van der Waals surface area contributed by atoms with Crippen LogP contribution in [-0.4, -0.2) is 22.4 Å². The topological polar surface area (TPSA) is 54.9 Å². The van der Waals surface area contributed by atoms with Crippen molar-refractivity contribution in [3.05, 3.63) is 45.7 Å². The number of nitrogens with zero attached hydrogens (tertiary/aromatic N) is 2. The Morgan fingerprint density at radius 3 is 2.76 bits per heavy atom. The number of alkyl halides is 3. The van der Waals surface area contributed by atoms with Gasteiger partial charge in [0.25, 0.3) is 5.91 Å². The van der Waals surface area contributed by atoms with Crippen molar-refractivity contribution in [3.8, 4) is 0 Å². The fraction of sp³-hybridized carbons (Fsp3) is 0.308. The average molecular weight is 315 g/mol. The highest BCUT2D eigenvalue weighted by Gasteiger charge is 2.33. The van der Waals surface area contributed by atoms with Gasteiger partial charge in [-0.15, -0.1) is 0 Å². The lowest BCUT2D eigenvalue weighted by Crippen LogP contribution is -2.26. The summed E-state index contributed by atoms with van der Waals surface area (Å²) < 4.78 is 37.9. The third kappa shape index (κ3) is 4.25. The van der Waals surface area contributed by atoms with Gasteiger partial charge in [-0.05, 0) is 24.4 Å². The molecule has 0 aliphatic carbocycles. The summed E-state index contributed by atoms with van der Waals surface area (Å²) in [7, 11) is 0. The molecule has 21 heavy (non-hydrogen) atoms. The summed E-state index contributed by atoms with van der Waals surface area (Å²) in [6, 6.07) is 2.57. The summed E-state index contributed by atoms with van der Waals surface area (Å²) in [5.74, 6) is -0.201. The molecule has 112 valence electrons. The van der Waals surface area contributed by atoms with Gasteiger partial charge < -0.3 is 5.32 Å². The van der Waals surface area contributed by atoms with Gasteiger partial charge in [-0.2, -0.15) is 24.5 Å². The molecule has 2 aromatic rings. The third-order valence-corrected chi connectivity index (χ3v) is 3.29. The van der Waals surface area contributed by atoms with Crippen molar-refractivity contribution < 1.29 is 18.0 Å². The second kappa shape index (κ2) is 6.21. The number of aryl methyl sites for hydroxylation is 1. The summed E-state index contributed by atoms with van der Waals surface area (Å²) in [4.78, 5) is 19.1. The van der Waals surface area contributed by atoms with Crippen molar-refractivity contribution in [2.75, 3.05) is 6.54 Å². The Kier molecular flexibility index (Phi) is 4.56. The number of hydrogen-bond donors (Lipinski definition) is 1. The fourth-order valence-electron chi connectivity index (χ4n) is 1.67. The molecule has 0 bridgehead atoms. The molecule has 0 aliphatic heterocycles. The van der Waals surface area contributed by atoms with Crippen LogP contribution in [0, 0.1) is 6.92 Å². The minimum atomic E-state index is -4.50. The molecule has 0 radical (unpaired) electrons. The molecule has 0 saturated carbocycles. The number of nitrogens with one attached hydrogen (secondary N) is 1. The van der Waals surface area contributed by atoms with Crippen molar-refractivity contribution in [2.24, 2.45) is 0 Å². The minimum absolute atomic E-state index is 0.0629. The van der Waals surface area contributed by atoms with Crippen LogP contribution < -0.4 is 5.32 Å². The number of thiophene rings is 1. The van der Waals surface area contributed by atoms with Gasteiger partial charge in [0.15, 0.2) is 0 Å². The predicted molar refractivity (Wildman–Crippen MR) is 72.1 cm³/mol. The second-order valence-electron chi connectivity index (χ2n) is 4.33. The van der Waals surface area contributed by atoms with E-state index < -0.39 is 11.9 Å². The predicted octanol–water partition coefficient (Wildman–Crippen LogP) is 2.84. The Morgan fingerprint density at radius 1 is 1.38 bits per heavy atom. The van der Waals surface area contributed by atoms with E-state index in [0.29, 0.717) is 5.56 Å². The molecule has 0 atom stereocenters. The van der Waals surface area contributed by atoms with Crippen molar-refractivity contribution in [3.63, 3.8) is 0 Å². The maximum absolute atomic E-state index is 12.6. The van der Waals surface area contributed by atoms with Gasteiger partial charge in [-0.1, -0.05) is 0 Å². The summed E-state index contributed by atoms with van der Waals surface area (Å²) in [6.07, 6.45) is -4.36. The quantitative estimate of drug-likeness (QED) is 0.944. The molecule has 8 heteroatoms. The molecule has 0 fully saturated rings. The highest BCUT2D eigenvalue weighted by Crippen LogP contribution is 2.27. The van der Waals surface area contributed by atoms with Crippen LogP contribution in [0.2, 0.25) is 0 Å². The zero-order valence-electron chi connectivity index (χ0n) is 11.1. The zero-order chi connectivity index (χ0) is 15.5. The number of halogens is 3. The molecule has 0 unspecified atom stereocenters. The number of aromatic nitrogens is 2. The van der Waals surface area contributed by atoms with Crippen molar-refractivity contribution in [1.82, 2.24) is 15.3 Å². The van der Waals surface area contributed by atoms with E-state index >= 15 is 0 Å². The molecule has 0 saturated heterocycles. The van der Waals surface area contributed by atoms with E-state index in [0.717, 1.165) is 6.07 Å². The number of carbonyl (C=O) groups excluding carboxylic acids is 1. The van der Waals surface area contributed by atoms with Crippen LogP contribution in [0.15, 0.2) is 22.9 Å². The second-order valence-corrected chi connectivity index (χ2v) is 5.11. The van der Waals surface area contributed by atoms with Gasteiger partial charge in [0.2, 0.25) is 0 Å². The Bertz CT molecular complexity index is 626. The average Bonchev–Trinajstić information content (AvgIpc) is 2.90. The monoisotopic (exact) mass is 315 g/mol. The molecule has 1 N–H and O–H groups in total. The van der Waals surface area contributed by atoms with Crippen LogP contribution in [0.4, 0.5) is 13.2 Å². The molecule has 1 amide bonds. The van der Waals surface area contributed by atoms with Crippen molar-refractivity contribution >= 4 is 17.2 Å². The smallest absolute Gasteiger partial charge is 0.352 e. The Balaban J connectivity index is 1.97. The van der Waals surface area contributed by atoms with Crippen LogP contribution in [0.5, 0.6) is 0 Å². The Labute approximate surface area is 123 Å². The molecular formula is C13H12F3N3OS. The van der Waals surface area contributed by atoms with Crippen LogP contribution >= 0.6 is 11.3 Å². The van der Waals surface area contributed by atoms with Crippen LogP contribution in [-0.2, 0) is 12.6 Å². The lowest BCUT2D eigenvalue weighted by atomic mass is 10.3. The summed E-state index contributed by atoms with van der Waals surface area (Å²) >= 11 is 1.39. The molecule has 4 nitrogen and oxygen atoms in total. The standard InChI is InChI=1S/C13H12F3N3OS/c1-8-6-10(13(14,15)16)19-11(18-8)2-4-17-12(20)9-3-5-21-7-9/h3,5-7H,2,4H2,1H3,(H,17,20). The van der Waals surface area contributed by atoms with Crippen LogP contribution in [0.3, 0.4) is 0 Å². The zero-order valence-corrected chi connectivity index (χ0v) is 11.9. The first-order valence-electron chi connectivity index (χ1n) is 6.08. The maximum Gasteiger partial charge on any atom is 0.433 e. The first-order valence-corrected chi connectivity index (χ1v) is 7.02. The van der Waals surface area contributed by atoms with Gasteiger partial charge in [0.1, 0.15) is 11.5 Å². The highest BCUT2D eigenvalue weighted by molar-refractivity contribution is 7.08. The molecule has 2 rings (SSSR count). The van der Waals surface area contributed by atoms with Crippen LogP contribution in [0.25, 0.3) is 0 Å². The summed E-state index contributed by atoms with van der Waals surface area (Å²) in [6.45, 7) is 1.65. The Hall–Kier alpha value is -1.96. The largest absolute Gasteiger partial charge is 0.433 e. The van der Waals surface area contributed by atoms with E-state index in [1.807, 2.05) is 0 Å². The first kappa shape index (κ1) is 15.4. The normalized spacial score (nSPS) is 11.4. The van der Waals surface area contributed by atoms with Gasteiger partial charge in [0.05, 0.1) is 0 Å². The lowest BCUT2D eigenvalue weighted by molar-refractivity contribution is -0.141. The molecule has 0 aromatic carbocycles. The minimum Gasteiger partial charge on any atom is -0.352 e. The molecule has 2 aromatic heterocycles. The molecule has 0 spiro atoms. The molecule has 0 aliphatic rings. The number of hydrogen-bond acceptors (Lipinski definition) is 4. The van der Waals surface area contributed by atoms with Crippen molar-refractivity contribution in [2.45, 2.75) is 19.5 Å². The number of carbonyl (C=O) groups is 1. The van der Waals surface area contributed by atoms with Gasteiger partial charge >= 0.3 is 6.18 Å². The van der Waals surface area contributed by atoms with Crippen molar-refractivity contribution in [1.29, 1.82) is 0 Å². The maximum atomic E-state index is 12.6. The molecular weight excluding hydrogens is 303 g/mol. The lowest BCUT2D eigenvalue weighted by Gasteiger charge is -2.09. The number of amides is 1. The SMILES string of the molecule is Cc1cc(C(F)(F)F)nc(CCNC(=O)c2ccsc2)n1. The third-order valence-electron chi connectivity index (χ3n) is 2.61. The fourth-order valence-corrected chi connectivity index (χ4v) is 2.31. The van der Waals surface area contributed by atoms with E-state index in [9.17, 15) is 18.0 Å². The highest BCUT2D eigenvalue weighted by atomic mass is 32.1. The van der Waals surface area contributed by atoms with Crippen LogP contribution in [0.1, 0.15) is 27.6 Å². The molecule has 2 heterocycles. The van der Waals surface area contributed by atoms with Gasteiger partial charge in [-0.3, -0.25) is 4.79 Å². The first-order chi connectivity index (χ1) is 9.86. The van der Waals surface area contributed by atoms with E-state index in [2.05, 4.69) is 15.3 Å². The number of rotatable bonds is 4.